The van der Waals surface area contributed by atoms with E-state index < -0.39 is 0 Å². The average molecular weight is 353 g/mol. The number of methoxy groups -OCH3 is 2. The second-order valence-electron chi connectivity index (χ2n) is 5.78. The molecule has 0 bridgehead atoms. The van der Waals surface area contributed by atoms with Gasteiger partial charge in [0.05, 0.1) is 31.9 Å². The Morgan fingerprint density at radius 3 is 2.50 bits per heavy atom. The van der Waals surface area contributed by atoms with Gasteiger partial charge in [-0.15, -0.1) is 0 Å². The summed E-state index contributed by atoms with van der Waals surface area (Å²) in [4.78, 5) is 12.1. The van der Waals surface area contributed by atoms with Gasteiger partial charge in [-0.05, 0) is 54.8 Å². The summed E-state index contributed by atoms with van der Waals surface area (Å²) < 4.78 is 10.6. The highest BCUT2D eigenvalue weighted by molar-refractivity contribution is 5.74. The van der Waals surface area contributed by atoms with Crippen molar-refractivity contribution >= 4 is 6.03 Å². The van der Waals surface area contributed by atoms with Crippen LogP contribution in [0.4, 0.5) is 4.79 Å². The Balaban J connectivity index is 1.86. The molecule has 6 nitrogen and oxygen atoms in total. The van der Waals surface area contributed by atoms with E-state index in [2.05, 4.69) is 16.7 Å². The van der Waals surface area contributed by atoms with Crippen LogP contribution in [0.25, 0.3) is 0 Å². The molecule has 2 N–H and O–H groups in total. The Morgan fingerprint density at radius 1 is 1.15 bits per heavy atom. The molecule has 0 aliphatic rings. The number of carbonyl (C=O) groups is 1. The number of urea groups is 1. The summed E-state index contributed by atoms with van der Waals surface area (Å²) >= 11 is 0. The lowest BCUT2D eigenvalue weighted by Gasteiger charge is -2.16. The lowest BCUT2D eigenvalue weighted by Crippen LogP contribution is -2.38. The number of hydrogen-bond acceptors (Lipinski definition) is 4. The van der Waals surface area contributed by atoms with Gasteiger partial charge in [-0.3, -0.25) is 0 Å². The highest BCUT2D eigenvalue weighted by Crippen LogP contribution is 2.24. The molecule has 6 heteroatoms. The lowest BCUT2D eigenvalue weighted by atomic mass is 10.1. The van der Waals surface area contributed by atoms with Crippen molar-refractivity contribution < 1.29 is 14.3 Å². The number of nitrogens with one attached hydrogen (secondary N) is 2. The molecule has 1 unspecified atom stereocenters. The molecular formula is C20H23N3O3. The molecule has 0 aromatic heterocycles. The van der Waals surface area contributed by atoms with Crippen molar-refractivity contribution in [3.63, 3.8) is 0 Å². The van der Waals surface area contributed by atoms with Gasteiger partial charge in [-0.1, -0.05) is 12.1 Å². The van der Waals surface area contributed by atoms with Crippen LogP contribution in [-0.2, 0) is 6.42 Å². The van der Waals surface area contributed by atoms with Crippen LogP contribution in [0.5, 0.6) is 11.5 Å². The first-order valence-electron chi connectivity index (χ1n) is 8.32. The summed E-state index contributed by atoms with van der Waals surface area (Å²) in [5, 5.41) is 14.6. The lowest BCUT2D eigenvalue weighted by molar-refractivity contribution is 0.238. The Hall–Kier alpha value is -3.20. The van der Waals surface area contributed by atoms with E-state index >= 15 is 0 Å². The average Bonchev–Trinajstić information content (AvgIpc) is 2.67. The number of nitrogens with zero attached hydrogens (tertiary/aromatic N) is 1. The summed E-state index contributed by atoms with van der Waals surface area (Å²) in [6, 6.07) is 14.4. The van der Waals surface area contributed by atoms with Gasteiger partial charge in [0, 0.05) is 6.54 Å². The molecule has 2 aromatic rings. The van der Waals surface area contributed by atoms with Crippen LogP contribution in [0.2, 0.25) is 0 Å². The number of ether oxygens (including phenoxy) is 2. The number of carbonyl (C=O) groups excluding carboxylic acids is 1. The predicted molar refractivity (Wildman–Crippen MR) is 99.4 cm³/mol. The van der Waals surface area contributed by atoms with Crippen LogP contribution >= 0.6 is 0 Å². The summed E-state index contributed by atoms with van der Waals surface area (Å²) in [6.45, 7) is 2.36. The topological polar surface area (TPSA) is 83.4 Å². The molecule has 0 heterocycles. The van der Waals surface area contributed by atoms with E-state index in [0.29, 0.717) is 18.5 Å². The van der Waals surface area contributed by atoms with Crippen molar-refractivity contribution in [3.05, 3.63) is 59.2 Å². The Morgan fingerprint density at radius 2 is 1.88 bits per heavy atom. The summed E-state index contributed by atoms with van der Waals surface area (Å²) in [7, 11) is 3.23. The molecule has 0 radical (unpaired) electrons. The van der Waals surface area contributed by atoms with E-state index in [1.165, 1.54) is 0 Å². The van der Waals surface area contributed by atoms with Gasteiger partial charge in [-0.25, -0.2) is 4.79 Å². The van der Waals surface area contributed by atoms with Crippen molar-refractivity contribution in [1.29, 1.82) is 5.26 Å². The number of benzene rings is 2. The molecule has 1 atom stereocenters. The fourth-order valence-electron chi connectivity index (χ4n) is 2.57. The van der Waals surface area contributed by atoms with Crippen molar-refractivity contribution in [2.45, 2.75) is 19.4 Å². The van der Waals surface area contributed by atoms with Crippen molar-refractivity contribution in [1.82, 2.24) is 10.6 Å². The largest absolute Gasteiger partial charge is 0.497 e. The second-order valence-corrected chi connectivity index (χ2v) is 5.78. The van der Waals surface area contributed by atoms with Crippen molar-refractivity contribution in [2.24, 2.45) is 0 Å². The van der Waals surface area contributed by atoms with Crippen LogP contribution in [0.15, 0.2) is 42.5 Å². The molecule has 0 spiro atoms. The monoisotopic (exact) mass is 353 g/mol. The van der Waals surface area contributed by atoms with Crippen LogP contribution in [0.3, 0.4) is 0 Å². The molecule has 2 rings (SSSR count). The minimum atomic E-state index is -0.247. The smallest absolute Gasteiger partial charge is 0.315 e. The number of amides is 2. The number of hydrogen-bond donors (Lipinski definition) is 2. The van der Waals surface area contributed by atoms with Gasteiger partial charge in [-0.2, -0.15) is 5.26 Å². The minimum Gasteiger partial charge on any atom is -0.497 e. The van der Waals surface area contributed by atoms with E-state index in [1.54, 1.807) is 26.4 Å². The fraction of sp³-hybridized carbons (Fsp3) is 0.300. The van der Waals surface area contributed by atoms with Gasteiger partial charge >= 0.3 is 6.03 Å². The third-order valence-electron chi connectivity index (χ3n) is 4.05. The summed E-state index contributed by atoms with van der Waals surface area (Å²) in [5.41, 5.74) is 2.50. The zero-order valence-electron chi connectivity index (χ0n) is 15.2. The highest BCUT2D eigenvalue weighted by Gasteiger charge is 2.10. The summed E-state index contributed by atoms with van der Waals surface area (Å²) in [6.07, 6.45) is 0.624. The Labute approximate surface area is 153 Å². The van der Waals surface area contributed by atoms with E-state index in [1.807, 2.05) is 37.3 Å². The molecule has 0 fully saturated rings. The Bertz CT molecular complexity index is 782. The van der Waals surface area contributed by atoms with Gasteiger partial charge in [0.25, 0.3) is 0 Å². The molecular weight excluding hydrogens is 330 g/mol. The zero-order valence-corrected chi connectivity index (χ0v) is 15.2. The standard InChI is InChI=1S/C20H23N3O3/c1-14(16-6-4-15(13-21)5-7-16)23-20(24)22-11-10-17-12-18(25-2)8-9-19(17)26-3/h4-9,12,14H,10-11H2,1-3H3,(H2,22,23,24). The molecule has 0 aliphatic heterocycles. The van der Waals surface area contributed by atoms with Gasteiger partial charge in [0.15, 0.2) is 0 Å². The van der Waals surface area contributed by atoms with Gasteiger partial charge in [0.1, 0.15) is 11.5 Å². The first-order valence-corrected chi connectivity index (χ1v) is 8.32. The first kappa shape index (κ1) is 19.1. The maximum absolute atomic E-state index is 12.1. The van der Waals surface area contributed by atoms with Crippen LogP contribution in [0, 0.1) is 11.3 Å². The molecule has 0 saturated heterocycles. The predicted octanol–water partition coefficient (Wildman–Crippen LogP) is 3.18. The van der Waals surface area contributed by atoms with Crippen LogP contribution in [0.1, 0.15) is 29.7 Å². The molecule has 0 saturated carbocycles. The molecule has 26 heavy (non-hydrogen) atoms. The second kappa shape index (κ2) is 9.33. The van der Waals surface area contributed by atoms with E-state index in [4.69, 9.17) is 14.7 Å². The highest BCUT2D eigenvalue weighted by atomic mass is 16.5. The van der Waals surface area contributed by atoms with E-state index in [9.17, 15) is 4.79 Å². The van der Waals surface area contributed by atoms with Crippen molar-refractivity contribution in [2.75, 3.05) is 20.8 Å². The maximum atomic E-state index is 12.1. The summed E-state index contributed by atoms with van der Waals surface area (Å²) in [5.74, 6) is 1.51. The van der Waals surface area contributed by atoms with Crippen molar-refractivity contribution in [3.8, 4) is 17.6 Å². The normalized spacial score (nSPS) is 11.2. The SMILES string of the molecule is COc1ccc(OC)c(CCNC(=O)NC(C)c2ccc(C#N)cc2)c1. The van der Waals surface area contributed by atoms with Gasteiger partial charge < -0.3 is 20.1 Å². The quantitative estimate of drug-likeness (QED) is 0.801. The van der Waals surface area contributed by atoms with E-state index in [-0.39, 0.29) is 12.1 Å². The molecule has 0 aliphatic carbocycles. The third-order valence-corrected chi connectivity index (χ3v) is 4.05. The first-order chi connectivity index (χ1) is 12.6. The Kier molecular flexibility index (Phi) is 6.86. The maximum Gasteiger partial charge on any atom is 0.315 e. The van der Waals surface area contributed by atoms with Gasteiger partial charge in [0.2, 0.25) is 0 Å². The number of rotatable bonds is 7. The molecule has 2 amide bonds. The molecule has 136 valence electrons. The van der Waals surface area contributed by atoms with Crippen LogP contribution < -0.4 is 20.1 Å². The third kappa shape index (κ3) is 5.15. The zero-order chi connectivity index (χ0) is 18.9. The van der Waals surface area contributed by atoms with E-state index in [0.717, 1.165) is 22.6 Å². The van der Waals surface area contributed by atoms with Crippen LogP contribution in [-0.4, -0.2) is 26.8 Å². The minimum absolute atomic E-state index is 0.158. The molecule has 2 aromatic carbocycles. The number of nitriles is 1. The fourth-order valence-corrected chi connectivity index (χ4v) is 2.57.